The molecule has 5 atom stereocenters. The van der Waals surface area contributed by atoms with Gasteiger partial charge in [-0.25, -0.2) is 4.79 Å². The Hall–Kier alpha value is -2.30. The zero-order valence-corrected chi connectivity index (χ0v) is 23.8. The smallest absolute Gasteiger partial charge is 0.348 e. The number of benzene rings is 1. The molecule has 1 saturated heterocycles. The highest BCUT2D eigenvalue weighted by Gasteiger charge is 2.32. The van der Waals surface area contributed by atoms with Crippen LogP contribution in [0.2, 0.25) is 0 Å². The van der Waals surface area contributed by atoms with Crippen molar-refractivity contribution in [3.05, 3.63) is 51.7 Å². The number of anilines is 1. The second-order valence-electron chi connectivity index (χ2n) is 10.3. The van der Waals surface area contributed by atoms with Gasteiger partial charge in [0.05, 0.1) is 12.2 Å². The van der Waals surface area contributed by atoms with E-state index in [2.05, 4.69) is 6.92 Å². The molecule has 0 unspecified atom stereocenters. The van der Waals surface area contributed by atoms with Gasteiger partial charge in [0.15, 0.2) is 0 Å². The van der Waals surface area contributed by atoms with E-state index >= 15 is 0 Å². The number of nitrogens with zero attached hydrogens (tertiary/aromatic N) is 1. The van der Waals surface area contributed by atoms with Crippen molar-refractivity contribution in [1.29, 1.82) is 0 Å². The van der Waals surface area contributed by atoms with Gasteiger partial charge in [-0.2, -0.15) is 0 Å². The number of ether oxygens (including phenoxy) is 1. The lowest BCUT2D eigenvalue weighted by Gasteiger charge is -2.25. The molecule has 1 aromatic heterocycles. The first-order chi connectivity index (χ1) is 18.7. The van der Waals surface area contributed by atoms with E-state index in [9.17, 15) is 30.0 Å². The molecule has 1 aromatic carbocycles. The summed E-state index contributed by atoms with van der Waals surface area (Å²) in [5.74, 6) is -0.453. The van der Waals surface area contributed by atoms with Gasteiger partial charge in [-0.3, -0.25) is 4.79 Å². The minimum atomic E-state index is -1.37. The van der Waals surface area contributed by atoms with Gasteiger partial charge >= 0.3 is 5.97 Å². The third-order valence-electron chi connectivity index (χ3n) is 7.38. The van der Waals surface area contributed by atoms with E-state index < -0.39 is 37.0 Å². The first kappa shape index (κ1) is 31.2. The lowest BCUT2D eigenvalue weighted by atomic mass is 10.0. The molecule has 2 heterocycles. The minimum Gasteiger partial charge on any atom is -0.459 e. The molecule has 9 heteroatoms. The predicted octanol–water partition coefficient (Wildman–Crippen LogP) is 4.53. The fourth-order valence-corrected chi connectivity index (χ4v) is 5.89. The van der Waals surface area contributed by atoms with E-state index in [1.807, 2.05) is 35.2 Å². The number of carbonyl (C=O) groups excluding carboxylic acids is 2. The van der Waals surface area contributed by atoms with Gasteiger partial charge in [-0.1, -0.05) is 45.2 Å². The fourth-order valence-electron chi connectivity index (χ4n) is 4.95. The van der Waals surface area contributed by atoms with Crippen LogP contribution in [0.3, 0.4) is 0 Å². The molecule has 216 valence electrons. The van der Waals surface area contributed by atoms with Crippen LogP contribution < -0.4 is 4.90 Å². The maximum absolute atomic E-state index is 12.7. The van der Waals surface area contributed by atoms with E-state index in [0.717, 1.165) is 67.5 Å². The van der Waals surface area contributed by atoms with Crippen LogP contribution in [0.15, 0.2) is 36.4 Å². The molecule has 8 nitrogen and oxygen atoms in total. The SMILES string of the molecule is CCCCC[C@H](O)c1ccc(N2C(=O)CC[C@@H]2CCCc2ccc(C(=O)OC[C@H](O)[C@H](O)[C@@H](O)CC)s2)cc1. The minimum absolute atomic E-state index is 0.119. The lowest BCUT2D eigenvalue weighted by Crippen LogP contribution is -2.40. The average Bonchev–Trinajstić information content (AvgIpc) is 3.57. The Bertz CT molecular complexity index is 1040. The summed E-state index contributed by atoms with van der Waals surface area (Å²) in [4.78, 5) is 28.4. The van der Waals surface area contributed by atoms with Gasteiger partial charge in [0.1, 0.15) is 23.7 Å². The van der Waals surface area contributed by atoms with Crippen LogP contribution in [0.25, 0.3) is 0 Å². The van der Waals surface area contributed by atoms with Gasteiger partial charge in [0, 0.05) is 23.0 Å². The molecule has 1 fully saturated rings. The van der Waals surface area contributed by atoms with Crippen LogP contribution in [0.1, 0.15) is 97.9 Å². The van der Waals surface area contributed by atoms with Crippen molar-refractivity contribution < 1.29 is 34.8 Å². The third kappa shape index (κ3) is 8.85. The number of aryl methyl sites for hydroxylation is 1. The van der Waals surface area contributed by atoms with Gasteiger partial charge in [0.2, 0.25) is 5.91 Å². The van der Waals surface area contributed by atoms with Crippen molar-refractivity contribution in [1.82, 2.24) is 0 Å². The summed E-state index contributed by atoms with van der Waals surface area (Å²) in [6.07, 6.45) is 3.77. The molecular weight excluding hydrogens is 518 g/mol. The van der Waals surface area contributed by atoms with Gasteiger partial charge < -0.3 is 30.1 Å². The molecule has 0 spiro atoms. The number of amides is 1. The largest absolute Gasteiger partial charge is 0.459 e. The average molecular weight is 562 g/mol. The van der Waals surface area contributed by atoms with Gasteiger partial charge in [0.25, 0.3) is 0 Å². The van der Waals surface area contributed by atoms with E-state index in [1.165, 1.54) is 11.3 Å². The van der Waals surface area contributed by atoms with Crippen molar-refractivity contribution in [2.75, 3.05) is 11.5 Å². The Morgan fingerprint density at radius 3 is 2.46 bits per heavy atom. The zero-order chi connectivity index (χ0) is 28.4. The van der Waals surface area contributed by atoms with Crippen LogP contribution in [-0.4, -0.2) is 63.3 Å². The summed E-state index contributed by atoms with van der Waals surface area (Å²) in [6.45, 7) is 3.43. The number of aliphatic hydroxyl groups is 4. The highest BCUT2D eigenvalue weighted by Crippen LogP contribution is 2.31. The molecule has 1 aliphatic heterocycles. The molecule has 1 amide bonds. The molecule has 0 saturated carbocycles. The molecule has 39 heavy (non-hydrogen) atoms. The van der Waals surface area contributed by atoms with Crippen LogP contribution in [0.5, 0.6) is 0 Å². The summed E-state index contributed by atoms with van der Waals surface area (Å²) in [7, 11) is 0. The van der Waals surface area contributed by atoms with Crippen molar-refractivity contribution in [3.8, 4) is 0 Å². The first-order valence-corrected chi connectivity index (χ1v) is 15.0. The summed E-state index contributed by atoms with van der Waals surface area (Å²) in [5, 5.41) is 39.8. The summed E-state index contributed by atoms with van der Waals surface area (Å²) in [5.41, 5.74) is 1.75. The number of thiophene rings is 1. The maximum Gasteiger partial charge on any atom is 0.348 e. The fraction of sp³-hybridized carbons (Fsp3) is 0.600. The molecule has 0 aliphatic carbocycles. The second kappa shape index (κ2) is 15.5. The maximum atomic E-state index is 12.7. The summed E-state index contributed by atoms with van der Waals surface area (Å²) >= 11 is 1.33. The Kier molecular flexibility index (Phi) is 12.4. The number of aliphatic hydroxyl groups excluding tert-OH is 4. The van der Waals surface area contributed by atoms with Crippen LogP contribution in [0.4, 0.5) is 5.69 Å². The second-order valence-corrected chi connectivity index (χ2v) is 11.5. The Morgan fingerprint density at radius 1 is 1.03 bits per heavy atom. The topological polar surface area (TPSA) is 128 Å². The molecule has 3 rings (SSSR count). The molecule has 4 N–H and O–H groups in total. The number of rotatable bonds is 16. The number of hydrogen-bond donors (Lipinski definition) is 4. The summed E-state index contributed by atoms with van der Waals surface area (Å²) < 4.78 is 5.12. The highest BCUT2D eigenvalue weighted by atomic mass is 32.1. The predicted molar refractivity (Wildman–Crippen MR) is 152 cm³/mol. The van der Waals surface area contributed by atoms with Crippen LogP contribution in [-0.2, 0) is 16.0 Å². The van der Waals surface area contributed by atoms with E-state index in [0.29, 0.717) is 11.3 Å². The van der Waals surface area contributed by atoms with Crippen LogP contribution >= 0.6 is 11.3 Å². The molecule has 0 bridgehead atoms. The van der Waals surface area contributed by atoms with Gasteiger partial charge in [-0.05, 0) is 68.4 Å². The van der Waals surface area contributed by atoms with E-state index in [4.69, 9.17) is 4.74 Å². The molecular formula is C30H43NO7S. The Labute approximate surface area is 235 Å². The standard InChI is InChI=1S/C30H43NO7S/c1-3-5-6-10-25(33)20-11-13-22(14-12-20)31-21(15-18-28(31)35)8-7-9-23-16-17-27(39-23)30(37)38-19-26(34)29(36)24(32)4-2/h11-14,16-17,21,24-26,29,32-34,36H,3-10,15,18-19H2,1-2H3/t21-,24-,25-,26-,29+/m0/s1. The third-order valence-corrected chi connectivity index (χ3v) is 8.50. The highest BCUT2D eigenvalue weighted by molar-refractivity contribution is 7.13. The number of carbonyl (C=O) groups is 2. The normalized spacial score (nSPS) is 18.7. The number of esters is 1. The van der Waals surface area contributed by atoms with Crippen molar-refractivity contribution in [2.45, 2.75) is 109 Å². The molecule has 0 radical (unpaired) electrons. The first-order valence-electron chi connectivity index (χ1n) is 14.1. The summed E-state index contributed by atoms with van der Waals surface area (Å²) in [6, 6.07) is 11.4. The monoisotopic (exact) mass is 561 g/mol. The van der Waals surface area contributed by atoms with Gasteiger partial charge in [-0.15, -0.1) is 11.3 Å². The van der Waals surface area contributed by atoms with Crippen LogP contribution in [0, 0.1) is 0 Å². The molecule has 1 aliphatic rings. The molecule has 2 aromatic rings. The van der Waals surface area contributed by atoms with E-state index in [1.54, 1.807) is 13.0 Å². The van der Waals surface area contributed by atoms with Crippen molar-refractivity contribution in [3.63, 3.8) is 0 Å². The number of hydrogen-bond acceptors (Lipinski definition) is 8. The Morgan fingerprint density at radius 2 is 1.77 bits per heavy atom. The lowest BCUT2D eigenvalue weighted by molar-refractivity contribution is -0.117. The number of unbranched alkanes of at least 4 members (excludes halogenated alkanes) is 2. The quantitative estimate of drug-likeness (QED) is 0.175. The van der Waals surface area contributed by atoms with Crippen molar-refractivity contribution >= 4 is 28.9 Å². The van der Waals surface area contributed by atoms with Crippen molar-refractivity contribution in [2.24, 2.45) is 0 Å². The van der Waals surface area contributed by atoms with E-state index in [-0.39, 0.29) is 18.4 Å². The zero-order valence-electron chi connectivity index (χ0n) is 23.0. The Balaban J connectivity index is 1.48.